The van der Waals surface area contributed by atoms with Gasteiger partial charge in [-0.15, -0.1) is 0 Å². The SMILES string of the molecule is Cn1ncc2c(NN)nc(CSc3ncco3)nc21. The van der Waals surface area contributed by atoms with Crippen molar-refractivity contribution in [3.8, 4) is 0 Å². The number of aromatic nitrogens is 5. The molecule has 0 radical (unpaired) electrons. The number of anilines is 1. The molecule has 9 heteroatoms. The van der Waals surface area contributed by atoms with E-state index in [0.29, 0.717) is 22.6 Å². The summed E-state index contributed by atoms with van der Waals surface area (Å²) >= 11 is 1.42. The van der Waals surface area contributed by atoms with Crippen molar-refractivity contribution in [2.24, 2.45) is 12.9 Å². The van der Waals surface area contributed by atoms with Crippen molar-refractivity contribution in [1.29, 1.82) is 0 Å². The van der Waals surface area contributed by atoms with Gasteiger partial charge in [-0.25, -0.2) is 20.8 Å². The molecule has 0 amide bonds. The molecule has 0 aliphatic rings. The van der Waals surface area contributed by atoms with E-state index in [2.05, 4.69) is 25.5 Å². The van der Waals surface area contributed by atoms with E-state index in [1.165, 1.54) is 18.0 Å². The monoisotopic (exact) mass is 277 g/mol. The summed E-state index contributed by atoms with van der Waals surface area (Å²) in [7, 11) is 1.82. The van der Waals surface area contributed by atoms with Crippen molar-refractivity contribution in [3.63, 3.8) is 0 Å². The third-order valence-electron chi connectivity index (χ3n) is 2.51. The van der Waals surface area contributed by atoms with Crippen LogP contribution in [0.1, 0.15) is 5.82 Å². The van der Waals surface area contributed by atoms with Gasteiger partial charge >= 0.3 is 0 Å². The molecule has 98 valence electrons. The van der Waals surface area contributed by atoms with E-state index < -0.39 is 0 Å². The summed E-state index contributed by atoms with van der Waals surface area (Å²) < 4.78 is 6.82. The predicted molar refractivity (Wildman–Crippen MR) is 70.2 cm³/mol. The van der Waals surface area contributed by atoms with E-state index in [0.717, 1.165) is 11.0 Å². The maximum absolute atomic E-state index is 5.47. The molecule has 0 spiro atoms. The summed E-state index contributed by atoms with van der Waals surface area (Å²) in [6, 6.07) is 0. The van der Waals surface area contributed by atoms with Gasteiger partial charge in [-0.05, 0) is 0 Å². The van der Waals surface area contributed by atoms with Crippen LogP contribution in [-0.4, -0.2) is 24.7 Å². The van der Waals surface area contributed by atoms with Gasteiger partial charge in [0.1, 0.15) is 12.1 Å². The second kappa shape index (κ2) is 4.86. The maximum Gasteiger partial charge on any atom is 0.255 e. The predicted octanol–water partition coefficient (Wildman–Crippen LogP) is 0.929. The number of fused-ring (bicyclic) bond motifs is 1. The first kappa shape index (κ1) is 11.9. The van der Waals surface area contributed by atoms with Crippen LogP contribution in [0.2, 0.25) is 0 Å². The summed E-state index contributed by atoms with van der Waals surface area (Å²) in [5.74, 6) is 7.20. The molecule has 19 heavy (non-hydrogen) atoms. The summed E-state index contributed by atoms with van der Waals surface area (Å²) in [6.45, 7) is 0. The Hall–Kier alpha value is -2.13. The Balaban J connectivity index is 1.92. The van der Waals surface area contributed by atoms with Gasteiger partial charge in [0, 0.05) is 7.05 Å². The number of thioether (sulfide) groups is 1. The van der Waals surface area contributed by atoms with Crippen molar-refractivity contribution >= 4 is 28.6 Å². The molecule has 0 unspecified atom stereocenters. The molecule has 0 fully saturated rings. The minimum absolute atomic E-state index is 0.538. The van der Waals surface area contributed by atoms with Gasteiger partial charge in [-0.1, -0.05) is 11.8 Å². The smallest absolute Gasteiger partial charge is 0.255 e. The zero-order valence-corrected chi connectivity index (χ0v) is 10.9. The highest BCUT2D eigenvalue weighted by Crippen LogP contribution is 2.23. The lowest BCUT2D eigenvalue weighted by atomic mass is 10.4. The van der Waals surface area contributed by atoms with Crippen molar-refractivity contribution in [1.82, 2.24) is 24.7 Å². The van der Waals surface area contributed by atoms with Gasteiger partial charge in [0.2, 0.25) is 0 Å². The van der Waals surface area contributed by atoms with Crippen LogP contribution >= 0.6 is 11.8 Å². The molecule has 0 aliphatic heterocycles. The first-order valence-corrected chi connectivity index (χ1v) is 6.44. The van der Waals surface area contributed by atoms with Crippen LogP contribution < -0.4 is 11.3 Å². The molecule has 0 bridgehead atoms. The van der Waals surface area contributed by atoms with E-state index in [1.54, 1.807) is 17.1 Å². The molecule has 0 aromatic carbocycles. The van der Waals surface area contributed by atoms with Crippen LogP contribution in [0.5, 0.6) is 0 Å². The Morgan fingerprint density at radius 1 is 1.47 bits per heavy atom. The van der Waals surface area contributed by atoms with Crippen molar-refractivity contribution in [2.45, 2.75) is 11.0 Å². The first-order valence-electron chi connectivity index (χ1n) is 5.45. The minimum Gasteiger partial charge on any atom is -0.440 e. The summed E-state index contributed by atoms with van der Waals surface area (Å²) in [6.07, 6.45) is 4.80. The quantitative estimate of drug-likeness (QED) is 0.412. The highest BCUT2D eigenvalue weighted by Gasteiger charge is 2.11. The molecule has 3 rings (SSSR count). The molecule has 3 aromatic rings. The van der Waals surface area contributed by atoms with E-state index in [-0.39, 0.29) is 0 Å². The topological polar surface area (TPSA) is 108 Å². The summed E-state index contributed by atoms with van der Waals surface area (Å²) in [4.78, 5) is 12.8. The molecule has 0 saturated heterocycles. The normalized spacial score (nSPS) is 11.1. The molecule has 0 aliphatic carbocycles. The zero-order valence-electron chi connectivity index (χ0n) is 10.1. The third-order valence-corrected chi connectivity index (χ3v) is 3.36. The second-order valence-corrected chi connectivity index (χ2v) is 4.65. The van der Waals surface area contributed by atoms with Crippen LogP contribution in [0.25, 0.3) is 11.0 Å². The highest BCUT2D eigenvalue weighted by atomic mass is 32.2. The van der Waals surface area contributed by atoms with Gasteiger partial charge in [-0.3, -0.25) is 4.68 Å². The van der Waals surface area contributed by atoms with Gasteiger partial charge < -0.3 is 9.84 Å². The van der Waals surface area contributed by atoms with Gasteiger partial charge in [0.05, 0.1) is 23.5 Å². The third kappa shape index (κ3) is 2.25. The van der Waals surface area contributed by atoms with Crippen LogP contribution in [0.3, 0.4) is 0 Å². The highest BCUT2D eigenvalue weighted by molar-refractivity contribution is 7.98. The van der Waals surface area contributed by atoms with E-state index in [4.69, 9.17) is 10.3 Å². The van der Waals surface area contributed by atoms with Crippen LogP contribution in [-0.2, 0) is 12.8 Å². The first-order chi connectivity index (χ1) is 9.28. The average Bonchev–Trinajstić information content (AvgIpc) is 3.06. The Labute approximate surface area is 112 Å². The molecule has 3 aromatic heterocycles. The lowest BCUT2D eigenvalue weighted by molar-refractivity contribution is 0.454. The van der Waals surface area contributed by atoms with Crippen molar-refractivity contribution < 1.29 is 4.42 Å². The number of nitrogens with zero attached hydrogens (tertiary/aromatic N) is 5. The standard InChI is InChI=1S/C10H11N7OS/c1-17-9-6(4-13-17)8(16-11)14-7(15-9)5-19-10-12-2-3-18-10/h2-4H,5,11H2,1H3,(H,14,15,16). The van der Waals surface area contributed by atoms with Crippen LogP contribution in [0, 0.1) is 0 Å². The van der Waals surface area contributed by atoms with E-state index in [9.17, 15) is 0 Å². The average molecular weight is 277 g/mol. The number of oxazole rings is 1. The van der Waals surface area contributed by atoms with Crippen LogP contribution in [0.15, 0.2) is 28.3 Å². The number of rotatable bonds is 4. The minimum atomic E-state index is 0.538. The summed E-state index contributed by atoms with van der Waals surface area (Å²) in [5.41, 5.74) is 3.29. The Kier molecular flexibility index (Phi) is 3.05. The number of nitrogens with one attached hydrogen (secondary N) is 1. The van der Waals surface area contributed by atoms with Gasteiger partial charge in [0.25, 0.3) is 5.22 Å². The number of nitrogens with two attached hydrogens (primary N) is 1. The fraction of sp³-hybridized carbons (Fsp3) is 0.200. The maximum atomic E-state index is 5.47. The molecule has 0 saturated carbocycles. The largest absolute Gasteiger partial charge is 0.440 e. The number of hydrogen-bond acceptors (Lipinski definition) is 8. The zero-order chi connectivity index (χ0) is 13.2. The van der Waals surface area contributed by atoms with Crippen molar-refractivity contribution in [3.05, 3.63) is 24.5 Å². The second-order valence-electron chi connectivity index (χ2n) is 3.72. The Morgan fingerprint density at radius 2 is 2.37 bits per heavy atom. The number of nitrogen functional groups attached to an aromatic ring is 1. The Bertz CT molecular complexity index is 693. The molecule has 0 atom stereocenters. The molecule has 3 heterocycles. The number of aryl methyl sites for hydroxylation is 1. The lowest BCUT2D eigenvalue weighted by Gasteiger charge is -2.04. The van der Waals surface area contributed by atoms with E-state index >= 15 is 0 Å². The number of hydrogen-bond donors (Lipinski definition) is 2. The molecule has 8 nitrogen and oxygen atoms in total. The molecule has 3 N–H and O–H groups in total. The van der Waals surface area contributed by atoms with Crippen molar-refractivity contribution in [2.75, 3.05) is 5.43 Å². The molecular formula is C10H11N7OS. The Morgan fingerprint density at radius 3 is 3.11 bits per heavy atom. The summed E-state index contributed by atoms with van der Waals surface area (Å²) in [5, 5.41) is 5.50. The van der Waals surface area contributed by atoms with Gasteiger partial charge in [0.15, 0.2) is 11.5 Å². The fourth-order valence-electron chi connectivity index (χ4n) is 1.65. The number of hydrazine groups is 1. The van der Waals surface area contributed by atoms with Crippen LogP contribution in [0.4, 0.5) is 5.82 Å². The van der Waals surface area contributed by atoms with Gasteiger partial charge in [-0.2, -0.15) is 5.10 Å². The lowest BCUT2D eigenvalue weighted by Crippen LogP contribution is -2.11. The molecular weight excluding hydrogens is 266 g/mol. The van der Waals surface area contributed by atoms with E-state index in [1.807, 2.05) is 7.05 Å². The fourth-order valence-corrected chi connectivity index (χ4v) is 2.29.